The average Bonchev–Trinajstić information content (AvgIpc) is 2.30. The molecule has 0 aromatic carbocycles. The zero-order valence-corrected chi connectivity index (χ0v) is 6.83. The lowest BCUT2D eigenvalue weighted by molar-refractivity contribution is 0.101. The van der Waals surface area contributed by atoms with E-state index in [1.807, 2.05) is 0 Å². The Hall–Kier alpha value is -1.21. The number of aromatic nitrogens is 1. The molecule has 0 aliphatic carbocycles. The van der Waals surface area contributed by atoms with E-state index in [2.05, 4.69) is 9.40 Å². The Morgan fingerprint density at radius 3 is 2.50 bits per heavy atom. The molecule has 66 valence electrons. The van der Waals surface area contributed by atoms with Gasteiger partial charge in [-0.1, -0.05) is 0 Å². The minimum absolute atomic E-state index is 0.136. The fourth-order valence-electron chi connectivity index (χ4n) is 0.537. The maximum Gasteiger partial charge on any atom is 0.347 e. The van der Waals surface area contributed by atoms with Crippen molar-refractivity contribution in [1.82, 2.24) is 4.98 Å². The van der Waals surface area contributed by atoms with Crippen molar-refractivity contribution in [2.75, 3.05) is 0 Å². The summed E-state index contributed by atoms with van der Waals surface area (Å²) in [5, 5.41) is -0.868. The summed E-state index contributed by atoms with van der Waals surface area (Å²) in [5.74, 6) is -0.436. The number of rotatable bonds is 2. The molecule has 7 heteroatoms. The van der Waals surface area contributed by atoms with Crippen LogP contribution in [0.2, 0.25) is 0 Å². The highest BCUT2D eigenvalue weighted by molar-refractivity contribution is 7.85. The summed E-state index contributed by atoms with van der Waals surface area (Å²) in [7, 11) is -4.45. The van der Waals surface area contributed by atoms with E-state index in [1.54, 1.807) is 0 Å². The summed E-state index contributed by atoms with van der Waals surface area (Å²) in [6, 6.07) is 0. The van der Waals surface area contributed by atoms with Crippen LogP contribution in [0.1, 0.15) is 17.4 Å². The first-order valence-corrected chi connectivity index (χ1v) is 4.29. The molecule has 0 saturated heterocycles. The van der Waals surface area contributed by atoms with Crippen LogP contribution in [0.4, 0.5) is 0 Å². The number of Topliss-reactive ketones (excluding diaryl/α,β-unsaturated/α-hetero) is 1. The molecule has 0 fully saturated rings. The molecule has 0 spiro atoms. The smallest absolute Gasteiger partial charge is 0.347 e. The molecule has 1 aromatic heterocycles. The number of oxazole rings is 1. The quantitative estimate of drug-likeness (QED) is 0.526. The van der Waals surface area contributed by atoms with Gasteiger partial charge in [0.1, 0.15) is 12.0 Å². The van der Waals surface area contributed by atoms with Crippen molar-refractivity contribution in [3.05, 3.63) is 12.0 Å². The molecule has 0 amide bonds. The Kier molecular flexibility index (Phi) is 1.99. The molecule has 0 saturated carbocycles. The van der Waals surface area contributed by atoms with Crippen LogP contribution >= 0.6 is 0 Å². The van der Waals surface area contributed by atoms with Gasteiger partial charge in [-0.3, -0.25) is 9.35 Å². The third-order valence-electron chi connectivity index (χ3n) is 1.06. The zero-order valence-electron chi connectivity index (χ0n) is 6.01. The van der Waals surface area contributed by atoms with E-state index in [1.165, 1.54) is 6.92 Å². The monoisotopic (exact) mass is 191 g/mol. The first-order chi connectivity index (χ1) is 5.41. The molecule has 1 aromatic rings. The summed E-state index contributed by atoms with van der Waals surface area (Å²) in [6.45, 7) is 1.20. The standard InChI is InChI=1S/C5H5NO5S/c1-3(7)4-2-11-5(6-4)12(8,9)10/h2H,1H3,(H,8,9,10). The largest absolute Gasteiger partial charge is 0.434 e. The molecule has 6 nitrogen and oxygen atoms in total. The number of carbonyl (C=O) groups is 1. The molecule has 0 aliphatic rings. The molecule has 1 rings (SSSR count). The number of hydrogen-bond donors (Lipinski definition) is 1. The van der Waals surface area contributed by atoms with Gasteiger partial charge in [0.2, 0.25) is 0 Å². The maximum absolute atomic E-state index is 10.6. The Morgan fingerprint density at radius 1 is 1.67 bits per heavy atom. The Bertz CT molecular complexity index is 403. The molecular weight excluding hydrogens is 186 g/mol. The highest BCUT2D eigenvalue weighted by atomic mass is 32.2. The number of carbonyl (C=O) groups excluding carboxylic acids is 1. The van der Waals surface area contributed by atoms with Gasteiger partial charge in [-0.05, 0) is 0 Å². The molecule has 1 N–H and O–H groups in total. The van der Waals surface area contributed by atoms with Crippen molar-refractivity contribution >= 4 is 15.9 Å². The van der Waals surface area contributed by atoms with E-state index >= 15 is 0 Å². The summed E-state index contributed by atoms with van der Waals surface area (Å²) >= 11 is 0. The molecule has 0 radical (unpaired) electrons. The van der Waals surface area contributed by atoms with Crippen LogP contribution in [0.25, 0.3) is 0 Å². The van der Waals surface area contributed by atoms with Crippen LogP contribution in [0, 0.1) is 0 Å². The maximum atomic E-state index is 10.6. The lowest BCUT2D eigenvalue weighted by atomic mass is 10.4. The number of nitrogens with zero attached hydrogens (tertiary/aromatic N) is 1. The van der Waals surface area contributed by atoms with Crippen LogP contribution in [-0.4, -0.2) is 23.7 Å². The van der Waals surface area contributed by atoms with Crippen LogP contribution in [-0.2, 0) is 10.1 Å². The first-order valence-electron chi connectivity index (χ1n) is 2.85. The van der Waals surface area contributed by atoms with E-state index in [9.17, 15) is 13.2 Å². The fourth-order valence-corrected chi connectivity index (χ4v) is 0.921. The predicted octanol–water partition coefficient (Wildman–Crippen LogP) is 0.124. The number of hydrogen-bond acceptors (Lipinski definition) is 5. The topological polar surface area (TPSA) is 97.5 Å². The highest BCUT2D eigenvalue weighted by Gasteiger charge is 2.18. The molecule has 0 unspecified atom stereocenters. The van der Waals surface area contributed by atoms with Gasteiger partial charge in [0, 0.05) is 6.92 Å². The second-order valence-corrected chi connectivity index (χ2v) is 3.33. The van der Waals surface area contributed by atoms with E-state index < -0.39 is 21.1 Å². The summed E-state index contributed by atoms with van der Waals surface area (Å²) in [6.07, 6.45) is 0.867. The van der Waals surface area contributed by atoms with Crippen molar-refractivity contribution in [3.8, 4) is 0 Å². The van der Waals surface area contributed by atoms with E-state index in [4.69, 9.17) is 4.55 Å². The molecular formula is C5H5NO5S. The van der Waals surface area contributed by atoms with Gasteiger partial charge in [0.05, 0.1) is 0 Å². The normalized spacial score (nSPS) is 11.5. The van der Waals surface area contributed by atoms with Crippen molar-refractivity contribution in [2.24, 2.45) is 0 Å². The zero-order chi connectivity index (χ0) is 9.35. The molecule has 1 heterocycles. The first kappa shape index (κ1) is 8.88. The summed E-state index contributed by atoms with van der Waals surface area (Å²) < 4.78 is 33.4. The van der Waals surface area contributed by atoms with E-state index in [0.29, 0.717) is 0 Å². The minimum atomic E-state index is -4.45. The van der Waals surface area contributed by atoms with Crippen LogP contribution in [0.3, 0.4) is 0 Å². The van der Waals surface area contributed by atoms with Crippen molar-refractivity contribution in [2.45, 2.75) is 12.1 Å². The second-order valence-electron chi connectivity index (χ2n) is 2.03. The van der Waals surface area contributed by atoms with Gasteiger partial charge in [-0.15, -0.1) is 0 Å². The van der Waals surface area contributed by atoms with Gasteiger partial charge in [-0.25, -0.2) is 0 Å². The van der Waals surface area contributed by atoms with Crippen molar-refractivity contribution in [1.29, 1.82) is 0 Å². The van der Waals surface area contributed by atoms with Gasteiger partial charge < -0.3 is 4.42 Å². The van der Waals surface area contributed by atoms with Crippen LogP contribution in [0.5, 0.6) is 0 Å². The Morgan fingerprint density at radius 2 is 2.25 bits per heavy atom. The highest BCUT2D eigenvalue weighted by Crippen LogP contribution is 2.07. The van der Waals surface area contributed by atoms with Gasteiger partial charge in [-0.2, -0.15) is 13.4 Å². The van der Waals surface area contributed by atoms with Gasteiger partial charge in [0.15, 0.2) is 5.78 Å². The van der Waals surface area contributed by atoms with Crippen molar-refractivity contribution < 1.29 is 22.2 Å². The Balaban J connectivity index is 3.17. The fraction of sp³-hybridized carbons (Fsp3) is 0.200. The van der Waals surface area contributed by atoms with Gasteiger partial charge in [0.25, 0.3) is 0 Å². The lowest BCUT2D eigenvalue weighted by Gasteiger charge is -1.84. The van der Waals surface area contributed by atoms with E-state index in [0.717, 1.165) is 6.26 Å². The van der Waals surface area contributed by atoms with Crippen LogP contribution in [0.15, 0.2) is 15.9 Å². The van der Waals surface area contributed by atoms with Crippen molar-refractivity contribution in [3.63, 3.8) is 0 Å². The van der Waals surface area contributed by atoms with Crippen LogP contribution < -0.4 is 0 Å². The number of ketones is 1. The third-order valence-corrected chi connectivity index (χ3v) is 1.69. The SMILES string of the molecule is CC(=O)c1coc(S(=O)(=O)O)n1. The second kappa shape index (κ2) is 2.68. The summed E-state index contributed by atoms with van der Waals surface area (Å²) in [4.78, 5) is 13.8. The van der Waals surface area contributed by atoms with E-state index in [-0.39, 0.29) is 5.69 Å². The Labute approximate surface area is 68.0 Å². The third kappa shape index (κ3) is 1.69. The minimum Gasteiger partial charge on any atom is -0.434 e. The molecule has 0 atom stereocenters. The summed E-state index contributed by atoms with van der Waals surface area (Å²) in [5.41, 5.74) is -0.136. The average molecular weight is 191 g/mol. The molecule has 0 bridgehead atoms. The lowest BCUT2D eigenvalue weighted by Crippen LogP contribution is -1.99. The predicted molar refractivity (Wildman–Crippen MR) is 36.3 cm³/mol. The molecule has 12 heavy (non-hydrogen) atoms. The molecule has 0 aliphatic heterocycles. The van der Waals surface area contributed by atoms with Gasteiger partial charge >= 0.3 is 15.3 Å².